The molecule has 0 radical (unpaired) electrons. The fourth-order valence-electron chi connectivity index (χ4n) is 3.99. The maximum atomic E-state index is 13.8. The molecule has 0 saturated carbocycles. The second-order valence-corrected chi connectivity index (χ2v) is 12.5. The quantitative estimate of drug-likeness (QED) is 0.0939. The van der Waals surface area contributed by atoms with Crippen LogP contribution in [0.25, 0.3) is 10.8 Å². The summed E-state index contributed by atoms with van der Waals surface area (Å²) in [4.78, 5) is -0.514. The van der Waals surface area contributed by atoms with Crippen molar-refractivity contribution in [2.24, 2.45) is 5.16 Å². The van der Waals surface area contributed by atoms with Crippen LogP contribution in [0.3, 0.4) is 0 Å². The van der Waals surface area contributed by atoms with Gasteiger partial charge in [0.2, 0.25) is 0 Å². The van der Waals surface area contributed by atoms with Crippen LogP contribution in [0.1, 0.15) is 11.1 Å². The largest absolute Gasteiger partial charge is 0.457 e. The van der Waals surface area contributed by atoms with Crippen LogP contribution in [-0.2, 0) is 24.5 Å². The zero-order chi connectivity index (χ0) is 31.5. The second-order valence-electron chi connectivity index (χ2n) is 9.43. The van der Waals surface area contributed by atoms with Crippen LogP contribution in [0.15, 0.2) is 130 Å². The first-order valence-electron chi connectivity index (χ1n) is 12.8. The van der Waals surface area contributed by atoms with E-state index in [0.29, 0.717) is 16.5 Å². The summed E-state index contributed by atoms with van der Waals surface area (Å²) in [5.41, 5.74) is -1.14. The van der Waals surface area contributed by atoms with Crippen molar-refractivity contribution >= 4 is 36.7 Å². The van der Waals surface area contributed by atoms with E-state index in [0.717, 1.165) is 29.8 Å². The van der Waals surface area contributed by atoms with Gasteiger partial charge in [-0.3, -0.25) is 4.28 Å². The van der Waals surface area contributed by atoms with E-state index < -0.39 is 42.6 Å². The lowest BCUT2D eigenvalue weighted by Crippen LogP contribution is -2.25. The number of halogens is 3. The maximum absolute atomic E-state index is 13.8. The molecule has 13 heteroatoms. The number of aryl methyl sites for hydroxylation is 1. The molecule has 0 N–H and O–H groups in total. The van der Waals surface area contributed by atoms with E-state index in [1.165, 1.54) is 48.5 Å². The van der Waals surface area contributed by atoms with Gasteiger partial charge < -0.3 is 8.92 Å². The SMILES string of the molecule is Cc1ccc(S(=O)(=O)Oc2ccc3cc(S(=O)(=O)O/N=C(/c4ccc(Oc5ccccc5)cc4)C(F)(F)F)ccc3c2)cc1. The van der Waals surface area contributed by atoms with Crippen LogP contribution < -0.4 is 8.92 Å². The lowest BCUT2D eigenvalue weighted by atomic mass is 10.1. The molecule has 0 fully saturated rings. The van der Waals surface area contributed by atoms with Crippen molar-refractivity contribution in [1.82, 2.24) is 0 Å². The molecule has 44 heavy (non-hydrogen) atoms. The Balaban J connectivity index is 1.35. The minimum atomic E-state index is -5.05. The Morgan fingerprint density at radius 1 is 0.636 bits per heavy atom. The Morgan fingerprint density at radius 3 is 1.86 bits per heavy atom. The van der Waals surface area contributed by atoms with Crippen molar-refractivity contribution in [1.29, 1.82) is 0 Å². The number of nitrogens with zero attached hydrogens (tertiary/aromatic N) is 1. The molecule has 0 unspecified atom stereocenters. The number of benzene rings is 5. The van der Waals surface area contributed by atoms with Crippen LogP contribution in [0, 0.1) is 6.92 Å². The van der Waals surface area contributed by atoms with Gasteiger partial charge in [0, 0.05) is 5.56 Å². The van der Waals surface area contributed by atoms with Gasteiger partial charge in [-0.25, -0.2) is 0 Å². The first-order valence-corrected chi connectivity index (χ1v) is 15.6. The van der Waals surface area contributed by atoms with Gasteiger partial charge in [0.1, 0.15) is 27.0 Å². The molecule has 0 aromatic heterocycles. The Hall–Kier alpha value is -4.88. The molecule has 0 aliphatic heterocycles. The zero-order valence-electron chi connectivity index (χ0n) is 22.7. The van der Waals surface area contributed by atoms with Crippen molar-refractivity contribution < 1.29 is 43.2 Å². The topological polar surface area (TPSA) is 108 Å². The summed E-state index contributed by atoms with van der Waals surface area (Å²) in [5, 5.41) is 3.70. The Kier molecular flexibility index (Phi) is 8.35. The molecule has 5 aromatic carbocycles. The highest BCUT2D eigenvalue weighted by molar-refractivity contribution is 7.87. The van der Waals surface area contributed by atoms with Gasteiger partial charge in [0.15, 0.2) is 5.71 Å². The van der Waals surface area contributed by atoms with Crippen molar-refractivity contribution in [2.45, 2.75) is 22.9 Å². The molecule has 226 valence electrons. The minimum absolute atomic E-state index is 0.0236. The normalized spacial score (nSPS) is 12.6. The molecule has 0 aliphatic carbocycles. The summed E-state index contributed by atoms with van der Waals surface area (Å²) in [7, 11) is -8.91. The predicted octanol–water partition coefficient (Wildman–Crippen LogP) is 7.38. The summed E-state index contributed by atoms with van der Waals surface area (Å²) in [6.07, 6.45) is -5.05. The molecule has 5 aromatic rings. The van der Waals surface area contributed by atoms with Gasteiger partial charge >= 0.3 is 26.4 Å². The number of hydrogen-bond acceptors (Lipinski definition) is 8. The molecule has 0 spiro atoms. The first-order chi connectivity index (χ1) is 20.8. The van der Waals surface area contributed by atoms with E-state index in [9.17, 15) is 30.0 Å². The zero-order valence-corrected chi connectivity index (χ0v) is 24.4. The van der Waals surface area contributed by atoms with Crippen molar-refractivity contribution in [3.8, 4) is 17.2 Å². The minimum Gasteiger partial charge on any atom is -0.457 e. The number of rotatable bonds is 9. The lowest BCUT2D eigenvalue weighted by molar-refractivity contribution is -0.0597. The number of oxime groups is 1. The van der Waals surface area contributed by atoms with Gasteiger partial charge in [-0.15, -0.1) is 0 Å². The molecule has 0 bridgehead atoms. The van der Waals surface area contributed by atoms with Crippen molar-refractivity contribution in [2.75, 3.05) is 0 Å². The monoisotopic (exact) mass is 641 g/mol. The average Bonchev–Trinajstić information content (AvgIpc) is 2.97. The third kappa shape index (κ3) is 7.18. The fourth-order valence-corrected chi connectivity index (χ4v) is 5.68. The summed E-state index contributed by atoms with van der Waals surface area (Å²) in [6, 6.07) is 27.1. The third-order valence-corrected chi connectivity index (χ3v) is 8.55. The Morgan fingerprint density at radius 2 is 1.20 bits per heavy atom. The molecule has 8 nitrogen and oxygen atoms in total. The van der Waals surface area contributed by atoms with Crippen molar-refractivity contribution in [3.05, 3.63) is 126 Å². The van der Waals surface area contributed by atoms with Gasteiger partial charge in [0.05, 0.1) is 0 Å². The molecular formula is C31H22F3NO7S2. The first kappa shape index (κ1) is 30.6. The summed E-state index contributed by atoms with van der Waals surface area (Å²) in [6.45, 7) is 1.81. The fraction of sp³-hybridized carbons (Fsp3) is 0.0645. The second kappa shape index (κ2) is 12.0. The lowest BCUT2D eigenvalue weighted by Gasteiger charge is -2.12. The van der Waals surface area contributed by atoms with Gasteiger partial charge in [0.25, 0.3) is 0 Å². The molecule has 0 saturated heterocycles. The van der Waals surface area contributed by atoms with Crippen molar-refractivity contribution in [3.63, 3.8) is 0 Å². The van der Waals surface area contributed by atoms with E-state index >= 15 is 0 Å². The molecule has 0 atom stereocenters. The highest BCUT2D eigenvalue weighted by Gasteiger charge is 2.38. The Labute approximate surface area is 251 Å². The third-order valence-electron chi connectivity index (χ3n) is 6.19. The average molecular weight is 642 g/mol. The van der Waals surface area contributed by atoms with Gasteiger partial charge in [-0.1, -0.05) is 53.2 Å². The molecule has 5 rings (SSSR count). The van der Waals surface area contributed by atoms with E-state index in [1.54, 1.807) is 42.5 Å². The smallest absolute Gasteiger partial charge is 0.437 e. The van der Waals surface area contributed by atoms with E-state index in [4.69, 9.17) is 8.92 Å². The number of para-hydroxylation sites is 1. The van der Waals surface area contributed by atoms with Gasteiger partial charge in [-0.05, 0) is 90.5 Å². The Bertz CT molecular complexity index is 2050. The molecule has 0 amide bonds. The standard InChI is InChI=1S/C31H22F3NO7S2/c1-21-7-16-28(17-8-21)43(36,37)41-27-15-11-24-20-29(18-12-23(24)19-27)44(38,39)42-35-30(31(32,33)34)22-9-13-26(14-10-22)40-25-5-3-2-4-6-25/h2-20H,1H3/b35-30-. The number of ether oxygens (including phenoxy) is 1. The van der Waals surface area contributed by atoms with Crippen LogP contribution >= 0.6 is 0 Å². The van der Waals surface area contributed by atoms with Crippen LogP contribution in [-0.4, -0.2) is 28.7 Å². The number of alkyl halides is 3. The summed E-state index contributed by atoms with van der Waals surface area (Å²) >= 11 is 0. The predicted molar refractivity (Wildman–Crippen MR) is 157 cm³/mol. The molecular weight excluding hydrogens is 619 g/mol. The molecule has 0 heterocycles. The van der Waals surface area contributed by atoms with Crippen LogP contribution in [0.4, 0.5) is 13.2 Å². The molecule has 0 aliphatic rings. The highest BCUT2D eigenvalue weighted by Crippen LogP contribution is 2.29. The number of fused-ring (bicyclic) bond motifs is 1. The van der Waals surface area contributed by atoms with E-state index in [-0.39, 0.29) is 16.4 Å². The summed E-state index contributed by atoms with van der Waals surface area (Å²) in [5.74, 6) is 0.711. The van der Waals surface area contributed by atoms with E-state index in [1.807, 2.05) is 6.92 Å². The summed E-state index contributed by atoms with van der Waals surface area (Å²) < 4.78 is 108. The maximum Gasteiger partial charge on any atom is 0.437 e. The van der Waals surface area contributed by atoms with Crippen LogP contribution in [0.2, 0.25) is 0 Å². The van der Waals surface area contributed by atoms with E-state index in [2.05, 4.69) is 9.44 Å². The van der Waals surface area contributed by atoms with Gasteiger partial charge in [-0.2, -0.15) is 30.0 Å². The highest BCUT2D eigenvalue weighted by atomic mass is 32.2. The van der Waals surface area contributed by atoms with Crippen LogP contribution in [0.5, 0.6) is 17.2 Å². The number of hydrogen-bond donors (Lipinski definition) is 0.